The van der Waals surface area contributed by atoms with Crippen LogP contribution in [0.5, 0.6) is 0 Å². The van der Waals surface area contributed by atoms with Gasteiger partial charge in [-0.2, -0.15) is 0 Å². The van der Waals surface area contributed by atoms with E-state index in [9.17, 15) is 9.90 Å². The predicted molar refractivity (Wildman–Crippen MR) is 82.7 cm³/mol. The molecule has 0 radical (unpaired) electrons. The number of nitrogens with zero attached hydrogens (tertiary/aromatic N) is 1. The van der Waals surface area contributed by atoms with E-state index in [4.69, 9.17) is 4.74 Å². The molecule has 3 rings (SSSR count). The van der Waals surface area contributed by atoms with E-state index < -0.39 is 12.1 Å². The number of esters is 1. The topological polar surface area (TPSA) is 71.5 Å². The predicted octanol–water partition coefficient (Wildman–Crippen LogP) is 2.33. The van der Waals surface area contributed by atoms with Gasteiger partial charge in [-0.25, -0.2) is 9.78 Å². The zero-order valence-electron chi connectivity index (χ0n) is 12.3. The van der Waals surface area contributed by atoms with Crippen molar-refractivity contribution >= 4 is 11.8 Å². The molecule has 114 valence electrons. The van der Waals surface area contributed by atoms with Crippen molar-refractivity contribution in [1.82, 2.24) is 4.98 Å². The van der Waals surface area contributed by atoms with Crippen LogP contribution in [0.3, 0.4) is 0 Å². The Balaban J connectivity index is 1.89. The minimum absolute atomic E-state index is 0.278. The van der Waals surface area contributed by atoms with E-state index in [1.165, 1.54) is 0 Å². The number of pyridine rings is 1. The smallest absolute Gasteiger partial charge is 0.341 e. The number of aliphatic hydroxyl groups is 1. The summed E-state index contributed by atoms with van der Waals surface area (Å²) < 4.78 is 5.05. The molecule has 1 aliphatic rings. The van der Waals surface area contributed by atoms with Gasteiger partial charge in [0.15, 0.2) is 0 Å². The standard InChI is InChI=1S/C17H18N2O3/c1-2-22-17(21)13-8-5-9-18-16(13)19-15-12-7-4-3-6-11(12)10-14(15)20/h3-9,14-15,20H,2,10H2,1H3,(H,18,19)/t14-,15+/m1/s1. The fourth-order valence-corrected chi connectivity index (χ4v) is 2.79. The van der Waals surface area contributed by atoms with Gasteiger partial charge in [0.2, 0.25) is 0 Å². The first-order chi connectivity index (χ1) is 10.7. The van der Waals surface area contributed by atoms with Crippen LogP contribution in [0.1, 0.15) is 34.5 Å². The molecule has 5 nitrogen and oxygen atoms in total. The fourth-order valence-electron chi connectivity index (χ4n) is 2.79. The second-order valence-electron chi connectivity index (χ2n) is 5.21. The van der Waals surface area contributed by atoms with Gasteiger partial charge in [0.05, 0.1) is 18.8 Å². The average Bonchev–Trinajstić information content (AvgIpc) is 2.84. The number of carbonyl (C=O) groups excluding carboxylic acids is 1. The molecule has 2 N–H and O–H groups in total. The fraction of sp³-hybridized carbons (Fsp3) is 0.294. The zero-order valence-corrected chi connectivity index (χ0v) is 12.3. The Hall–Kier alpha value is -2.40. The summed E-state index contributed by atoms with van der Waals surface area (Å²) in [6, 6.07) is 11.0. The van der Waals surface area contributed by atoms with Crippen molar-refractivity contribution in [2.24, 2.45) is 0 Å². The first-order valence-corrected chi connectivity index (χ1v) is 7.35. The van der Waals surface area contributed by atoms with Gasteiger partial charge in [0, 0.05) is 12.6 Å². The van der Waals surface area contributed by atoms with Crippen LogP contribution in [0.2, 0.25) is 0 Å². The van der Waals surface area contributed by atoms with E-state index in [1.54, 1.807) is 25.3 Å². The van der Waals surface area contributed by atoms with Gasteiger partial charge in [-0.05, 0) is 30.2 Å². The molecule has 0 aliphatic heterocycles. The molecule has 1 aliphatic carbocycles. The lowest BCUT2D eigenvalue weighted by Gasteiger charge is -2.20. The van der Waals surface area contributed by atoms with Crippen LogP contribution in [0.15, 0.2) is 42.6 Å². The Labute approximate surface area is 129 Å². The molecule has 2 atom stereocenters. The maximum Gasteiger partial charge on any atom is 0.341 e. The Morgan fingerprint density at radius 3 is 3.00 bits per heavy atom. The minimum atomic E-state index is -0.547. The lowest BCUT2D eigenvalue weighted by molar-refractivity contribution is 0.0526. The second-order valence-corrected chi connectivity index (χ2v) is 5.21. The first-order valence-electron chi connectivity index (χ1n) is 7.35. The number of hydrogen-bond donors (Lipinski definition) is 2. The summed E-state index contributed by atoms with van der Waals surface area (Å²) in [5, 5.41) is 13.5. The van der Waals surface area contributed by atoms with E-state index in [2.05, 4.69) is 10.3 Å². The molecule has 0 saturated carbocycles. The first kappa shape index (κ1) is 14.5. The van der Waals surface area contributed by atoms with Gasteiger partial charge in [0.1, 0.15) is 11.4 Å². The van der Waals surface area contributed by atoms with Crippen molar-refractivity contribution in [1.29, 1.82) is 0 Å². The van der Waals surface area contributed by atoms with Crippen LogP contribution in [0.25, 0.3) is 0 Å². The number of aromatic nitrogens is 1. The van der Waals surface area contributed by atoms with Crippen molar-refractivity contribution in [2.45, 2.75) is 25.5 Å². The van der Waals surface area contributed by atoms with Crippen molar-refractivity contribution in [3.05, 3.63) is 59.3 Å². The Morgan fingerprint density at radius 1 is 1.36 bits per heavy atom. The summed E-state index contributed by atoms with van der Waals surface area (Å²) in [6.45, 7) is 2.07. The number of benzene rings is 1. The highest BCUT2D eigenvalue weighted by atomic mass is 16.5. The molecule has 0 saturated heterocycles. The van der Waals surface area contributed by atoms with Crippen LogP contribution in [0.4, 0.5) is 5.82 Å². The minimum Gasteiger partial charge on any atom is -0.462 e. The van der Waals surface area contributed by atoms with Crippen molar-refractivity contribution in [2.75, 3.05) is 11.9 Å². The summed E-state index contributed by atoms with van der Waals surface area (Å²) in [5.41, 5.74) is 2.53. The summed E-state index contributed by atoms with van der Waals surface area (Å²) >= 11 is 0. The summed E-state index contributed by atoms with van der Waals surface area (Å²) in [4.78, 5) is 16.2. The summed E-state index contributed by atoms with van der Waals surface area (Å²) in [6.07, 6.45) is 1.66. The molecular weight excluding hydrogens is 280 g/mol. The second kappa shape index (κ2) is 6.15. The molecule has 0 fully saturated rings. The number of fused-ring (bicyclic) bond motifs is 1. The number of aliphatic hydroxyl groups excluding tert-OH is 1. The van der Waals surface area contributed by atoms with Gasteiger partial charge in [0.25, 0.3) is 0 Å². The average molecular weight is 298 g/mol. The van der Waals surface area contributed by atoms with Crippen LogP contribution in [-0.4, -0.2) is 28.8 Å². The van der Waals surface area contributed by atoms with E-state index in [-0.39, 0.29) is 6.04 Å². The lowest BCUT2D eigenvalue weighted by Crippen LogP contribution is -2.23. The highest BCUT2D eigenvalue weighted by Gasteiger charge is 2.31. The van der Waals surface area contributed by atoms with Crippen LogP contribution >= 0.6 is 0 Å². The van der Waals surface area contributed by atoms with Gasteiger partial charge < -0.3 is 15.2 Å². The third kappa shape index (κ3) is 2.67. The largest absolute Gasteiger partial charge is 0.462 e. The third-order valence-corrected chi connectivity index (χ3v) is 3.80. The molecular formula is C17H18N2O3. The number of carbonyl (C=O) groups is 1. The van der Waals surface area contributed by atoms with E-state index in [0.29, 0.717) is 24.4 Å². The molecule has 0 bridgehead atoms. The zero-order chi connectivity index (χ0) is 15.5. The molecule has 1 aromatic heterocycles. The van der Waals surface area contributed by atoms with Crippen molar-refractivity contribution in [3.8, 4) is 0 Å². The molecule has 1 heterocycles. The molecule has 2 aromatic rings. The van der Waals surface area contributed by atoms with E-state index in [0.717, 1.165) is 11.1 Å². The lowest BCUT2D eigenvalue weighted by atomic mass is 10.1. The Morgan fingerprint density at radius 2 is 2.18 bits per heavy atom. The maximum absolute atomic E-state index is 12.0. The van der Waals surface area contributed by atoms with Crippen molar-refractivity contribution in [3.63, 3.8) is 0 Å². The quantitative estimate of drug-likeness (QED) is 0.848. The van der Waals surface area contributed by atoms with Gasteiger partial charge in [-0.1, -0.05) is 24.3 Å². The maximum atomic E-state index is 12.0. The third-order valence-electron chi connectivity index (χ3n) is 3.80. The number of hydrogen-bond acceptors (Lipinski definition) is 5. The normalized spacial score (nSPS) is 19.5. The molecule has 1 aromatic carbocycles. The van der Waals surface area contributed by atoms with Crippen molar-refractivity contribution < 1.29 is 14.6 Å². The Bertz CT molecular complexity index is 687. The van der Waals surface area contributed by atoms with Crippen LogP contribution in [-0.2, 0) is 11.2 Å². The number of rotatable bonds is 4. The number of anilines is 1. The highest BCUT2D eigenvalue weighted by Crippen LogP contribution is 2.34. The molecule has 0 unspecified atom stereocenters. The summed E-state index contributed by atoms with van der Waals surface area (Å²) in [7, 11) is 0. The van der Waals surface area contributed by atoms with Gasteiger partial charge in [-0.3, -0.25) is 0 Å². The highest BCUT2D eigenvalue weighted by molar-refractivity contribution is 5.94. The monoisotopic (exact) mass is 298 g/mol. The van der Waals surface area contributed by atoms with Crippen LogP contribution < -0.4 is 5.32 Å². The van der Waals surface area contributed by atoms with E-state index >= 15 is 0 Å². The van der Waals surface area contributed by atoms with Gasteiger partial charge in [-0.15, -0.1) is 0 Å². The molecule has 0 amide bonds. The SMILES string of the molecule is CCOC(=O)c1cccnc1N[C@H]1c2ccccc2C[C@H]1O. The number of ether oxygens (including phenoxy) is 1. The van der Waals surface area contributed by atoms with E-state index in [1.807, 2.05) is 24.3 Å². The van der Waals surface area contributed by atoms with Crippen LogP contribution in [0, 0.1) is 0 Å². The molecule has 22 heavy (non-hydrogen) atoms. The molecule has 0 spiro atoms. The number of nitrogens with one attached hydrogen (secondary N) is 1. The summed E-state index contributed by atoms with van der Waals surface area (Å²) in [5.74, 6) is 0.0144. The Kier molecular flexibility index (Phi) is 4.06. The molecule has 5 heteroatoms. The van der Waals surface area contributed by atoms with Gasteiger partial charge >= 0.3 is 5.97 Å².